The van der Waals surface area contributed by atoms with Crippen LogP contribution >= 0.6 is 0 Å². The van der Waals surface area contributed by atoms with Gasteiger partial charge in [0.15, 0.2) is 18.2 Å². The summed E-state index contributed by atoms with van der Waals surface area (Å²) in [4.78, 5) is 12.8. The molecule has 0 saturated heterocycles. The lowest BCUT2D eigenvalue weighted by atomic mass is 10.3. The average molecular weight is 254 g/mol. The Morgan fingerprint density at radius 2 is 2.06 bits per heavy atom. The maximum atomic E-state index is 11.5. The van der Waals surface area contributed by atoms with Gasteiger partial charge in [0.2, 0.25) is 0 Å². The molecule has 0 saturated carbocycles. The van der Waals surface area contributed by atoms with Crippen LogP contribution in [0.2, 0.25) is 0 Å². The normalized spacial score (nSPS) is 9.72. The van der Waals surface area contributed by atoms with Gasteiger partial charge in [-0.15, -0.1) is 0 Å². The van der Waals surface area contributed by atoms with E-state index in [1.54, 1.807) is 26.3 Å². The number of aliphatic hydroxyl groups excluding tert-OH is 1. The number of methoxy groups -OCH3 is 1. The third-order valence-corrected chi connectivity index (χ3v) is 2.30. The molecule has 0 aliphatic carbocycles. The zero-order valence-corrected chi connectivity index (χ0v) is 10.5. The van der Waals surface area contributed by atoms with Crippen LogP contribution < -0.4 is 14.8 Å². The SMILES string of the molecule is COc1ccccc1OCNC(=O)N(C)CCO. The Kier molecular flexibility index (Phi) is 5.79. The van der Waals surface area contributed by atoms with Crippen molar-refractivity contribution in [3.05, 3.63) is 24.3 Å². The molecule has 6 heteroatoms. The molecule has 100 valence electrons. The summed E-state index contributed by atoms with van der Waals surface area (Å²) in [6, 6.07) is 6.87. The van der Waals surface area contributed by atoms with E-state index < -0.39 is 0 Å². The van der Waals surface area contributed by atoms with Crippen molar-refractivity contribution in [2.75, 3.05) is 34.0 Å². The quantitative estimate of drug-likeness (QED) is 0.732. The predicted molar refractivity (Wildman–Crippen MR) is 66.7 cm³/mol. The van der Waals surface area contributed by atoms with Gasteiger partial charge in [-0.3, -0.25) is 0 Å². The van der Waals surface area contributed by atoms with Crippen LogP contribution in [-0.2, 0) is 0 Å². The second-order valence-electron chi connectivity index (χ2n) is 3.57. The molecule has 2 amide bonds. The zero-order valence-electron chi connectivity index (χ0n) is 10.5. The number of aliphatic hydroxyl groups is 1. The van der Waals surface area contributed by atoms with Gasteiger partial charge in [-0.05, 0) is 12.1 Å². The number of hydrogen-bond donors (Lipinski definition) is 2. The summed E-state index contributed by atoms with van der Waals surface area (Å²) < 4.78 is 10.5. The fourth-order valence-corrected chi connectivity index (χ4v) is 1.30. The number of rotatable bonds is 6. The Labute approximate surface area is 106 Å². The first-order chi connectivity index (χ1) is 8.69. The van der Waals surface area contributed by atoms with Crippen LogP contribution in [0.25, 0.3) is 0 Å². The Morgan fingerprint density at radius 1 is 1.39 bits per heavy atom. The fourth-order valence-electron chi connectivity index (χ4n) is 1.30. The molecule has 0 aliphatic heterocycles. The Hall–Kier alpha value is -1.95. The number of nitrogens with zero attached hydrogens (tertiary/aromatic N) is 1. The third-order valence-electron chi connectivity index (χ3n) is 2.30. The van der Waals surface area contributed by atoms with E-state index in [9.17, 15) is 4.79 Å². The second kappa shape index (κ2) is 7.39. The summed E-state index contributed by atoms with van der Waals surface area (Å²) in [7, 11) is 3.14. The summed E-state index contributed by atoms with van der Waals surface area (Å²) in [5.74, 6) is 1.17. The molecule has 1 aromatic carbocycles. The zero-order chi connectivity index (χ0) is 13.4. The molecule has 1 aromatic rings. The molecule has 0 atom stereocenters. The van der Waals surface area contributed by atoms with Gasteiger partial charge in [0.1, 0.15) is 0 Å². The van der Waals surface area contributed by atoms with Gasteiger partial charge in [-0.1, -0.05) is 12.1 Å². The first kappa shape index (κ1) is 14.1. The average Bonchev–Trinajstić information content (AvgIpc) is 2.39. The molecular weight excluding hydrogens is 236 g/mol. The number of carbonyl (C=O) groups is 1. The first-order valence-corrected chi connectivity index (χ1v) is 5.54. The van der Waals surface area contributed by atoms with Crippen molar-refractivity contribution >= 4 is 6.03 Å². The van der Waals surface area contributed by atoms with Gasteiger partial charge < -0.3 is 24.8 Å². The molecular formula is C12H18N2O4. The first-order valence-electron chi connectivity index (χ1n) is 5.54. The highest BCUT2D eigenvalue weighted by Gasteiger charge is 2.07. The van der Waals surface area contributed by atoms with Crippen LogP contribution in [0.15, 0.2) is 24.3 Å². The van der Waals surface area contributed by atoms with Gasteiger partial charge in [-0.25, -0.2) is 4.79 Å². The van der Waals surface area contributed by atoms with Gasteiger partial charge >= 0.3 is 6.03 Å². The summed E-state index contributed by atoms with van der Waals surface area (Å²) >= 11 is 0. The highest BCUT2D eigenvalue weighted by molar-refractivity contribution is 5.73. The summed E-state index contributed by atoms with van der Waals surface area (Å²) in [6.45, 7) is 0.243. The summed E-state index contributed by atoms with van der Waals surface area (Å²) in [5, 5.41) is 11.3. The Balaban J connectivity index is 2.39. The number of amides is 2. The Morgan fingerprint density at radius 3 is 2.67 bits per heavy atom. The lowest BCUT2D eigenvalue weighted by Gasteiger charge is -2.17. The van der Waals surface area contributed by atoms with Crippen molar-refractivity contribution in [1.29, 1.82) is 0 Å². The molecule has 0 bridgehead atoms. The van der Waals surface area contributed by atoms with Gasteiger partial charge in [0.05, 0.1) is 13.7 Å². The number of likely N-dealkylation sites (N-methyl/N-ethyl adjacent to an activating group) is 1. The monoisotopic (exact) mass is 254 g/mol. The van der Waals surface area contributed by atoms with E-state index in [1.807, 2.05) is 12.1 Å². The lowest BCUT2D eigenvalue weighted by Crippen LogP contribution is -2.40. The number of ether oxygens (including phenoxy) is 2. The van der Waals surface area contributed by atoms with E-state index in [0.717, 1.165) is 0 Å². The molecule has 0 unspecified atom stereocenters. The number of para-hydroxylation sites is 2. The van der Waals surface area contributed by atoms with Crippen LogP contribution in [0.3, 0.4) is 0 Å². The van der Waals surface area contributed by atoms with E-state index in [4.69, 9.17) is 14.6 Å². The molecule has 1 rings (SSSR count). The maximum absolute atomic E-state index is 11.5. The molecule has 0 spiro atoms. The minimum atomic E-state index is -0.307. The van der Waals surface area contributed by atoms with Crippen molar-refractivity contribution in [3.8, 4) is 11.5 Å². The number of benzene rings is 1. The number of nitrogens with one attached hydrogen (secondary N) is 1. The Bertz CT molecular complexity index is 384. The molecule has 0 fully saturated rings. The topological polar surface area (TPSA) is 71.0 Å². The molecule has 0 aromatic heterocycles. The van der Waals surface area contributed by atoms with Gasteiger partial charge in [-0.2, -0.15) is 0 Å². The van der Waals surface area contributed by atoms with Crippen LogP contribution in [0.5, 0.6) is 11.5 Å². The summed E-state index contributed by atoms with van der Waals surface area (Å²) in [6.07, 6.45) is 0. The van der Waals surface area contributed by atoms with Crippen LogP contribution in [0.4, 0.5) is 4.79 Å². The van der Waals surface area contributed by atoms with Gasteiger partial charge in [0.25, 0.3) is 0 Å². The van der Waals surface area contributed by atoms with E-state index in [0.29, 0.717) is 11.5 Å². The largest absolute Gasteiger partial charge is 0.493 e. The highest BCUT2D eigenvalue weighted by atomic mass is 16.5. The number of hydrogen-bond acceptors (Lipinski definition) is 4. The molecule has 0 heterocycles. The molecule has 2 N–H and O–H groups in total. The van der Waals surface area contributed by atoms with Crippen LogP contribution in [0, 0.1) is 0 Å². The second-order valence-corrected chi connectivity index (χ2v) is 3.57. The van der Waals surface area contributed by atoms with Crippen molar-refractivity contribution in [1.82, 2.24) is 10.2 Å². The maximum Gasteiger partial charge on any atom is 0.319 e. The third kappa shape index (κ3) is 4.14. The van der Waals surface area contributed by atoms with Crippen LogP contribution in [-0.4, -0.2) is 50.1 Å². The minimum absolute atomic E-state index is 0.0367. The number of urea groups is 1. The lowest BCUT2D eigenvalue weighted by molar-refractivity contribution is 0.178. The molecule has 6 nitrogen and oxygen atoms in total. The molecule has 0 aliphatic rings. The van der Waals surface area contributed by atoms with Crippen molar-refractivity contribution in [3.63, 3.8) is 0 Å². The van der Waals surface area contributed by atoms with E-state index in [1.165, 1.54) is 4.90 Å². The van der Waals surface area contributed by atoms with E-state index in [2.05, 4.69) is 5.32 Å². The highest BCUT2D eigenvalue weighted by Crippen LogP contribution is 2.25. The molecule has 18 heavy (non-hydrogen) atoms. The summed E-state index contributed by atoms with van der Waals surface area (Å²) in [5.41, 5.74) is 0. The van der Waals surface area contributed by atoms with E-state index >= 15 is 0 Å². The van der Waals surface area contributed by atoms with Gasteiger partial charge in [0, 0.05) is 13.6 Å². The standard InChI is InChI=1S/C12H18N2O4/c1-14(7-8-15)12(16)13-9-18-11-6-4-3-5-10(11)17-2/h3-6,15H,7-9H2,1-2H3,(H,13,16). The van der Waals surface area contributed by atoms with Crippen molar-refractivity contribution in [2.45, 2.75) is 0 Å². The minimum Gasteiger partial charge on any atom is -0.493 e. The predicted octanol–water partition coefficient (Wildman–Crippen LogP) is 0.665. The van der Waals surface area contributed by atoms with Crippen molar-refractivity contribution in [2.24, 2.45) is 0 Å². The molecule has 0 radical (unpaired) electrons. The van der Waals surface area contributed by atoms with E-state index in [-0.39, 0.29) is 25.9 Å². The fraction of sp³-hybridized carbons (Fsp3) is 0.417. The number of carbonyl (C=O) groups excluding carboxylic acids is 1. The van der Waals surface area contributed by atoms with Crippen LogP contribution in [0.1, 0.15) is 0 Å². The van der Waals surface area contributed by atoms with Crippen molar-refractivity contribution < 1.29 is 19.4 Å². The smallest absolute Gasteiger partial charge is 0.319 e.